The Bertz CT molecular complexity index is 949. The number of aryl methyl sites for hydroxylation is 1. The van der Waals surface area contributed by atoms with Gasteiger partial charge in [-0.25, -0.2) is 4.68 Å². The van der Waals surface area contributed by atoms with E-state index in [1.807, 2.05) is 64.7 Å². The lowest BCUT2D eigenvalue weighted by molar-refractivity contribution is -0.140. The molecule has 6 nitrogen and oxygen atoms in total. The van der Waals surface area contributed by atoms with Crippen LogP contribution in [0.15, 0.2) is 36.4 Å². The second-order valence-electron chi connectivity index (χ2n) is 8.65. The number of rotatable bonds is 4. The molecule has 2 aliphatic rings. The molecule has 2 fully saturated rings. The van der Waals surface area contributed by atoms with Crippen molar-refractivity contribution in [3.8, 4) is 5.69 Å². The van der Waals surface area contributed by atoms with E-state index in [4.69, 9.17) is 0 Å². The van der Waals surface area contributed by atoms with Crippen LogP contribution in [0.25, 0.3) is 11.8 Å². The fourth-order valence-corrected chi connectivity index (χ4v) is 4.70. The summed E-state index contributed by atoms with van der Waals surface area (Å²) in [6, 6.07) is 10.0. The first-order chi connectivity index (χ1) is 15.0. The number of hydrogen-bond donors (Lipinski definition) is 0. The molecular weight excluding hydrogens is 388 g/mol. The molecule has 1 aromatic carbocycles. The molecule has 0 atom stereocenters. The number of para-hydroxylation sites is 1. The Morgan fingerprint density at radius 1 is 0.935 bits per heavy atom. The standard InChI is InChI=1S/C25H32N4O2/c1-19-23(20(2)29(26-19)22-9-5-3-6-10-22)11-12-24(30)27-17-13-21(14-18-27)25(31)28-15-7-4-8-16-28/h3,5-6,9-12,21H,4,7-8,13-18H2,1-2H3/b12-11+. The first kappa shape index (κ1) is 21.3. The SMILES string of the molecule is Cc1nn(-c2ccccc2)c(C)c1/C=C/C(=O)N1CCC(C(=O)N2CCCCC2)CC1. The van der Waals surface area contributed by atoms with Crippen LogP contribution in [0.5, 0.6) is 0 Å². The Balaban J connectivity index is 1.36. The molecule has 2 amide bonds. The van der Waals surface area contributed by atoms with Crippen LogP contribution < -0.4 is 0 Å². The summed E-state index contributed by atoms with van der Waals surface area (Å²) in [6.45, 7) is 7.08. The van der Waals surface area contributed by atoms with Gasteiger partial charge in [0.05, 0.1) is 11.4 Å². The number of hydrogen-bond acceptors (Lipinski definition) is 3. The quantitative estimate of drug-likeness (QED) is 0.708. The van der Waals surface area contributed by atoms with E-state index in [1.54, 1.807) is 6.08 Å². The van der Waals surface area contributed by atoms with Crippen molar-refractivity contribution in [2.75, 3.05) is 26.2 Å². The molecule has 0 N–H and O–H groups in total. The van der Waals surface area contributed by atoms with Gasteiger partial charge in [0, 0.05) is 49.4 Å². The molecule has 2 aliphatic heterocycles. The second-order valence-corrected chi connectivity index (χ2v) is 8.65. The van der Waals surface area contributed by atoms with Crippen LogP contribution >= 0.6 is 0 Å². The number of nitrogens with zero attached hydrogens (tertiary/aromatic N) is 4. The molecule has 6 heteroatoms. The molecule has 4 rings (SSSR count). The largest absolute Gasteiger partial charge is 0.342 e. The fraction of sp³-hybridized carbons (Fsp3) is 0.480. The molecule has 0 radical (unpaired) electrons. The van der Waals surface area contributed by atoms with Crippen molar-refractivity contribution in [2.24, 2.45) is 5.92 Å². The van der Waals surface area contributed by atoms with E-state index in [0.717, 1.165) is 61.4 Å². The van der Waals surface area contributed by atoms with Crippen LogP contribution in [0.1, 0.15) is 49.1 Å². The lowest BCUT2D eigenvalue weighted by Gasteiger charge is -2.35. The summed E-state index contributed by atoms with van der Waals surface area (Å²) < 4.78 is 1.91. The molecule has 2 aromatic rings. The van der Waals surface area contributed by atoms with E-state index in [9.17, 15) is 9.59 Å². The van der Waals surface area contributed by atoms with Gasteiger partial charge in [0.15, 0.2) is 0 Å². The summed E-state index contributed by atoms with van der Waals surface area (Å²) in [4.78, 5) is 29.4. The Hall–Kier alpha value is -2.89. The predicted molar refractivity (Wildman–Crippen MR) is 122 cm³/mol. The van der Waals surface area contributed by atoms with Crippen LogP contribution in [-0.2, 0) is 9.59 Å². The average Bonchev–Trinajstić information content (AvgIpc) is 3.11. The van der Waals surface area contributed by atoms with Gasteiger partial charge in [0.25, 0.3) is 0 Å². The number of carbonyl (C=O) groups excluding carboxylic acids is 2. The van der Waals surface area contributed by atoms with Crippen LogP contribution in [0.4, 0.5) is 0 Å². The highest BCUT2D eigenvalue weighted by molar-refractivity contribution is 5.92. The highest BCUT2D eigenvalue weighted by Gasteiger charge is 2.30. The zero-order valence-electron chi connectivity index (χ0n) is 18.6. The Kier molecular flexibility index (Phi) is 6.54. The van der Waals surface area contributed by atoms with E-state index in [0.29, 0.717) is 19.0 Å². The normalized spacial score (nSPS) is 18.0. The first-order valence-electron chi connectivity index (χ1n) is 11.4. The van der Waals surface area contributed by atoms with Crippen LogP contribution in [0.2, 0.25) is 0 Å². The molecule has 0 spiro atoms. The van der Waals surface area contributed by atoms with Crippen molar-refractivity contribution in [1.29, 1.82) is 0 Å². The lowest BCUT2D eigenvalue weighted by atomic mass is 9.94. The fourth-order valence-electron chi connectivity index (χ4n) is 4.70. The van der Waals surface area contributed by atoms with Gasteiger partial charge in [-0.05, 0) is 64.2 Å². The van der Waals surface area contributed by atoms with Gasteiger partial charge in [-0.1, -0.05) is 18.2 Å². The molecular formula is C25H32N4O2. The van der Waals surface area contributed by atoms with Crippen molar-refractivity contribution in [3.63, 3.8) is 0 Å². The molecule has 164 valence electrons. The maximum atomic E-state index is 12.8. The van der Waals surface area contributed by atoms with Crippen molar-refractivity contribution in [3.05, 3.63) is 53.4 Å². The van der Waals surface area contributed by atoms with Crippen molar-refractivity contribution in [1.82, 2.24) is 19.6 Å². The molecule has 3 heterocycles. The highest BCUT2D eigenvalue weighted by atomic mass is 16.2. The first-order valence-corrected chi connectivity index (χ1v) is 11.4. The monoisotopic (exact) mass is 420 g/mol. The van der Waals surface area contributed by atoms with Gasteiger partial charge in [0.2, 0.25) is 11.8 Å². The minimum Gasteiger partial charge on any atom is -0.342 e. The van der Waals surface area contributed by atoms with Gasteiger partial charge in [-0.2, -0.15) is 5.10 Å². The highest BCUT2D eigenvalue weighted by Crippen LogP contribution is 2.23. The molecule has 31 heavy (non-hydrogen) atoms. The summed E-state index contributed by atoms with van der Waals surface area (Å²) in [5.74, 6) is 0.372. The third-order valence-corrected chi connectivity index (χ3v) is 6.56. The molecule has 0 aliphatic carbocycles. The van der Waals surface area contributed by atoms with Crippen molar-refractivity contribution < 1.29 is 9.59 Å². The molecule has 0 saturated carbocycles. The number of aromatic nitrogens is 2. The molecule has 0 bridgehead atoms. The maximum absolute atomic E-state index is 12.8. The Labute approximate surface area is 184 Å². The summed E-state index contributed by atoms with van der Waals surface area (Å²) >= 11 is 0. The van der Waals surface area contributed by atoms with Gasteiger partial charge in [-0.15, -0.1) is 0 Å². The van der Waals surface area contributed by atoms with Crippen molar-refractivity contribution >= 4 is 17.9 Å². The van der Waals surface area contributed by atoms with Gasteiger partial charge in [-0.3, -0.25) is 9.59 Å². The number of amides is 2. The zero-order chi connectivity index (χ0) is 21.8. The van der Waals surface area contributed by atoms with Crippen LogP contribution in [0, 0.1) is 19.8 Å². The molecule has 1 aromatic heterocycles. The summed E-state index contributed by atoms with van der Waals surface area (Å²) in [5, 5.41) is 4.64. The number of carbonyl (C=O) groups is 2. The average molecular weight is 421 g/mol. The predicted octanol–water partition coefficient (Wildman–Crippen LogP) is 3.75. The van der Waals surface area contributed by atoms with Gasteiger partial charge in [0.1, 0.15) is 0 Å². The minimum atomic E-state index is 0.00938. The Morgan fingerprint density at radius 3 is 2.29 bits per heavy atom. The lowest BCUT2D eigenvalue weighted by Crippen LogP contribution is -2.45. The smallest absolute Gasteiger partial charge is 0.246 e. The number of piperidine rings is 2. The van der Waals surface area contributed by atoms with Gasteiger partial charge < -0.3 is 9.80 Å². The molecule has 2 saturated heterocycles. The van der Waals surface area contributed by atoms with E-state index < -0.39 is 0 Å². The topological polar surface area (TPSA) is 58.4 Å². The van der Waals surface area contributed by atoms with Crippen LogP contribution in [0.3, 0.4) is 0 Å². The minimum absolute atomic E-state index is 0.00938. The third kappa shape index (κ3) is 4.73. The van der Waals surface area contributed by atoms with Crippen molar-refractivity contribution in [2.45, 2.75) is 46.0 Å². The maximum Gasteiger partial charge on any atom is 0.246 e. The Morgan fingerprint density at radius 2 is 1.61 bits per heavy atom. The second kappa shape index (κ2) is 9.50. The molecule has 0 unspecified atom stereocenters. The van der Waals surface area contributed by atoms with E-state index in [1.165, 1.54) is 6.42 Å². The van der Waals surface area contributed by atoms with E-state index in [-0.39, 0.29) is 11.8 Å². The van der Waals surface area contributed by atoms with E-state index >= 15 is 0 Å². The van der Waals surface area contributed by atoms with Gasteiger partial charge >= 0.3 is 0 Å². The summed E-state index contributed by atoms with van der Waals surface area (Å²) in [5.41, 5.74) is 3.90. The summed E-state index contributed by atoms with van der Waals surface area (Å²) in [6.07, 6.45) is 8.52. The summed E-state index contributed by atoms with van der Waals surface area (Å²) in [7, 11) is 0. The number of likely N-dealkylation sites (tertiary alicyclic amines) is 2. The number of benzene rings is 1. The van der Waals surface area contributed by atoms with E-state index in [2.05, 4.69) is 5.10 Å². The third-order valence-electron chi connectivity index (χ3n) is 6.56. The van der Waals surface area contributed by atoms with Crippen LogP contribution in [-0.4, -0.2) is 57.6 Å². The zero-order valence-corrected chi connectivity index (χ0v) is 18.6.